The third-order valence-corrected chi connectivity index (χ3v) is 3.59. The number of hydrogen-bond donors (Lipinski definition) is 2. The first-order chi connectivity index (χ1) is 12.3. The molecule has 0 radical (unpaired) electrons. The molecular formula is C19H22FN3O3. The highest BCUT2D eigenvalue weighted by atomic mass is 19.1. The maximum absolute atomic E-state index is 13.9. The zero-order chi connectivity index (χ0) is 19.1. The van der Waals surface area contributed by atoms with Gasteiger partial charge in [0.25, 0.3) is 0 Å². The van der Waals surface area contributed by atoms with Crippen LogP contribution >= 0.6 is 0 Å². The van der Waals surface area contributed by atoms with Crippen LogP contribution < -0.4 is 15.4 Å². The van der Waals surface area contributed by atoms with Crippen LogP contribution in [0.25, 0.3) is 0 Å². The molecule has 0 atom stereocenters. The van der Waals surface area contributed by atoms with E-state index in [-0.39, 0.29) is 11.6 Å². The number of hydrogen-bond acceptors (Lipinski definition) is 3. The molecule has 0 saturated carbocycles. The number of urea groups is 1. The van der Waals surface area contributed by atoms with Crippen molar-refractivity contribution in [2.75, 3.05) is 30.8 Å². The molecule has 0 saturated heterocycles. The van der Waals surface area contributed by atoms with Crippen LogP contribution in [0, 0.1) is 12.7 Å². The van der Waals surface area contributed by atoms with Crippen molar-refractivity contribution >= 4 is 23.3 Å². The van der Waals surface area contributed by atoms with Gasteiger partial charge in [0.15, 0.2) is 0 Å². The number of anilines is 2. The minimum Gasteiger partial charge on any atom is -0.492 e. The fraction of sp³-hybridized carbons (Fsp3) is 0.263. The van der Waals surface area contributed by atoms with Gasteiger partial charge in [-0.3, -0.25) is 4.79 Å². The van der Waals surface area contributed by atoms with E-state index in [1.165, 1.54) is 30.0 Å². The number of nitrogens with zero attached hydrogens (tertiary/aromatic N) is 1. The first-order valence-corrected chi connectivity index (χ1v) is 8.14. The molecule has 2 aromatic rings. The summed E-state index contributed by atoms with van der Waals surface area (Å²) in [5.41, 5.74) is 1.53. The van der Waals surface area contributed by atoms with Crippen molar-refractivity contribution in [3.05, 3.63) is 53.8 Å². The summed E-state index contributed by atoms with van der Waals surface area (Å²) in [4.78, 5) is 24.7. The Labute approximate surface area is 152 Å². The SMILES string of the molecule is CC(=O)Nc1ccc(F)c(NC(=O)N(C)CCOc2ccc(C)cc2)c1. The van der Waals surface area contributed by atoms with Crippen molar-refractivity contribution in [1.29, 1.82) is 0 Å². The van der Waals surface area contributed by atoms with E-state index in [9.17, 15) is 14.0 Å². The number of amides is 3. The number of likely N-dealkylation sites (N-methyl/N-ethyl adjacent to an activating group) is 1. The van der Waals surface area contributed by atoms with Gasteiger partial charge in [-0.25, -0.2) is 9.18 Å². The molecule has 2 rings (SSSR count). The summed E-state index contributed by atoms with van der Waals surface area (Å²) in [6.45, 7) is 3.97. The first-order valence-electron chi connectivity index (χ1n) is 8.14. The lowest BCUT2D eigenvalue weighted by Gasteiger charge is -2.19. The molecule has 0 spiro atoms. The summed E-state index contributed by atoms with van der Waals surface area (Å²) in [5.74, 6) is -0.144. The number of nitrogens with one attached hydrogen (secondary N) is 2. The summed E-state index contributed by atoms with van der Waals surface area (Å²) in [7, 11) is 1.59. The molecule has 7 heteroatoms. The molecule has 6 nitrogen and oxygen atoms in total. The fourth-order valence-electron chi connectivity index (χ4n) is 2.15. The van der Waals surface area contributed by atoms with Gasteiger partial charge in [-0.15, -0.1) is 0 Å². The average molecular weight is 359 g/mol. The zero-order valence-corrected chi connectivity index (χ0v) is 15.0. The minimum absolute atomic E-state index is 0.00690. The first kappa shape index (κ1) is 19.2. The maximum Gasteiger partial charge on any atom is 0.321 e. The Morgan fingerprint density at radius 3 is 2.46 bits per heavy atom. The van der Waals surface area contributed by atoms with Gasteiger partial charge in [0.05, 0.1) is 12.2 Å². The second-order valence-corrected chi connectivity index (χ2v) is 5.89. The highest BCUT2D eigenvalue weighted by molar-refractivity contribution is 5.92. The number of carbonyl (C=O) groups excluding carboxylic acids is 2. The largest absolute Gasteiger partial charge is 0.492 e. The second-order valence-electron chi connectivity index (χ2n) is 5.89. The van der Waals surface area contributed by atoms with Crippen molar-refractivity contribution < 1.29 is 18.7 Å². The lowest BCUT2D eigenvalue weighted by atomic mass is 10.2. The second kappa shape index (κ2) is 8.84. The van der Waals surface area contributed by atoms with Gasteiger partial charge in [0.1, 0.15) is 18.2 Å². The summed E-state index contributed by atoms with van der Waals surface area (Å²) < 4.78 is 19.4. The molecule has 0 aromatic heterocycles. The molecule has 0 unspecified atom stereocenters. The zero-order valence-electron chi connectivity index (χ0n) is 15.0. The average Bonchev–Trinajstić information content (AvgIpc) is 2.59. The van der Waals surface area contributed by atoms with Gasteiger partial charge in [-0.05, 0) is 37.3 Å². The van der Waals surface area contributed by atoms with Crippen molar-refractivity contribution in [3.63, 3.8) is 0 Å². The number of benzene rings is 2. The lowest BCUT2D eigenvalue weighted by Crippen LogP contribution is -2.34. The number of carbonyl (C=O) groups is 2. The highest BCUT2D eigenvalue weighted by Gasteiger charge is 2.12. The Bertz CT molecular complexity index is 778. The summed E-state index contributed by atoms with van der Waals surface area (Å²) in [6.07, 6.45) is 0. The van der Waals surface area contributed by atoms with Gasteiger partial charge in [0.2, 0.25) is 5.91 Å². The van der Waals surface area contributed by atoms with E-state index >= 15 is 0 Å². The molecule has 3 amide bonds. The van der Waals surface area contributed by atoms with Gasteiger partial charge in [-0.2, -0.15) is 0 Å². The lowest BCUT2D eigenvalue weighted by molar-refractivity contribution is -0.114. The van der Waals surface area contributed by atoms with E-state index in [1.807, 2.05) is 31.2 Å². The predicted octanol–water partition coefficient (Wildman–Crippen LogP) is 3.64. The van der Waals surface area contributed by atoms with Crippen LogP contribution in [0.1, 0.15) is 12.5 Å². The van der Waals surface area contributed by atoms with Crippen LogP contribution in [0.3, 0.4) is 0 Å². The van der Waals surface area contributed by atoms with Crippen molar-refractivity contribution in [3.8, 4) is 5.75 Å². The van der Waals surface area contributed by atoms with Gasteiger partial charge in [-0.1, -0.05) is 17.7 Å². The van der Waals surface area contributed by atoms with Crippen molar-refractivity contribution in [2.45, 2.75) is 13.8 Å². The molecule has 26 heavy (non-hydrogen) atoms. The van der Waals surface area contributed by atoms with E-state index < -0.39 is 11.8 Å². The maximum atomic E-state index is 13.9. The van der Waals surface area contributed by atoms with E-state index in [0.717, 1.165) is 11.3 Å². The fourth-order valence-corrected chi connectivity index (χ4v) is 2.15. The summed E-state index contributed by atoms with van der Waals surface area (Å²) in [6, 6.07) is 11.1. The smallest absolute Gasteiger partial charge is 0.321 e. The van der Waals surface area contributed by atoms with Gasteiger partial charge < -0.3 is 20.3 Å². The monoisotopic (exact) mass is 359 g/mol. The Balaban J connectivity index is 1.88. The third-order valence-electron chi connectivity index (χ3n) is 3.59. The predicted molar refractivity (Wildman–Crippen MR) is 99.0 cm³/mol. The number of aryl methyl sites for hydroxylation is 1. The highest BCUT2D eigenvalue weighted by Crippen LogP contribution is 2.20. The normalized spacial score (nSPS) is 10.2. The minimum atomic E-state index is -0.586. The molecule has 0 heterocycles. The Kier molecular flexibility index (Phi) is 6.54. The van der Waals surface area contributed by atoms with Crippen molar-refractivity contribution in [1.82, 2.24) is 4.90 Å². The van der Waals surface area contributed by atoms with Crippen LogP contribution in [0.4, 0.5) is 20.6 Å². The standard InChI is InChI=1S/C19H22FN3O3/c1-13-4-7-16(8-5-13)26-11-10-23(3)19(25)22-18-12-15(21-14(2)24)6-9-17(18)20/h4-9,12H,10-11H2,1-3H3,(H,21,24)(H,22,25). The van der Waals surface area contributed by atoms with E-state index in [4.69, 9.17) is 4.74 Å². The molecule has 0 aliphatic carbocycles. The summed E-state index contributed by atoms with van der Waals surface area (Å²) >= 11 is 0. The van der Waals surface area contributed by atoms with Gasteiger partial charge >= 0.3 is 6.03 Å². The quantitative estimate of drug-likeness (QED) is 0.827. The molecule has 2 N–H and O–H groups in total. The summed E-state index contributed by atoms with van der Waals surface area (Å²) in [5, 5.41) is 5.03. The Morgan fingerprint density at radius 2 is 1.81 bits per heavy atom. The molecule has 138 valence electrons. The topological polar surface area (TPSA) is 70.7 Å². The molecule has 0 aliphatic heterocycles. The number of ether oxygens (including phenoxy) is 1. The number of halogens is 1. The van der Waals surface area contributed by atoms with Crippen LogP contribution in [-0.2, 0) is 4.79 Å². The van der Waals surface area contributed by atoms with Crippen LogP contribution in [0.15, 0.2) is 42.5 Å². The van der Waals surface area contributed by atoms with Gasteiger partial charge in [0, 0.05) is 19.7 Å². The van der Waals surface area contributed by atoms with Crippen LogP contribution in [0.2, 0.25) is 0 Å². The van der Waals surface area contributed by atoms with E-state index in [0.29, 0.717) is 18.8 Å². The molecule has 0 fully saturated rings. The van der Waals surface area contributed by atoms with Crippen LogP contribution in [0.5, 0.6) is 5.75 Å². The third kappa shape index (κ3) is 5.77. The molecular weight excluding hydrogens is 337 g/mol. The van der Waals surface area contributed by atoms with E-state index in [1.54, 1.807) is 7.05 Å². The number of rotatable bonds is 6. The molecule has 2 aromatic carbocycles. The van der Waals surface area contributed by atoms with Crippen molar-refractivity contribution in [2.24, 2.45) is 0 Å². The Hall–Kier alpha value is -3.09. The Morgan fingerprint density at radius 1 is 1.12 bits per heavy atom. The van der Waals surface area contributed by atoms with Crippen LogP contribution in [-0.4, -0.2) is 37.0 Å². The van der Waals surface area contributed by atoms with E-state index in [2.05, 4.69) is 10.6 Å². The molecule has 0 aliphatic rings. The molecule has 0 bridgehead atoms.